The van der Waals surface area contributed by atoms with Crippen molar-refractivity contribution in [2.24, 2.45) is 0 Å². The summed E-state index contributed by atoms with van der Waals surface area (Å²) in [6.45, 7) is -0.676. The molecular formula is C16H21NO11. The minimum atomic E-state index is -1.79. The molecule has 0 unspecified atom stereocenters. The van der Waals surface area contributed by atoms with E-state index in [9.17, 15) is 30.4 Å². The van der Waals surface area contributed by atoms with E-state index in [-0.39, 0.29) is 28.0 Å². The van der Waals surface area contributed by atoms with E-state index in [1.165, 1.54) is 26.4 Å². The van der Waals surface area contributed by atoms with Crippen LogP contribution in [0, 0.1) is 0 Å². The Bertz CT molecular complexity index is 727. The second-order valence-electron chi connectivity index (χ2n) is 6.08. The predicted octanol–water partition coefficient (Wildman–Crippen LogP) is -2.04. The van der Waals surface area contributed by atoms with Gasteiger partial charge < -0.3 is 44.1 Å². The summed E-state index contributed by atoms with van der Waals surface area (Å²) >= 11 is 0. The number of ether oxygens (including phenoxy) is 5. The first kappa shape index (κ1) is 20.5. The molecule has 12 heteroatoms. The van der Waals surface area contributed by atoms with Crippen LogP contribution in [0.2, 0.25) is 0 Å². The van der Waals surface area contributed by atoms with Crippen LogP contribution in [-0.4, -0.2) is 89.4 Å². The van der Waals surface area contributed by atoms with Crippen molar-refractivity contribution in [3.05, 3.63) is 12.1 Å². The molecule has 0 spiro atoms. The van der Waals surface area contributed by atoms with Gasteiger partial charge in [-0.3, -0.25) is 10.0 Å². The first-order valence-electron chi connectivity index (χ1n) is 8.24. The molecule has 0 saturated carbocycles. The molecule has 6 atom stereocenters. The number of carbonyl (C=O) groups excluding carboxylic acids is 1. The lowest BCUT2D eigenvalue weighted by Gasteiger charge is -2.41. The van der Waals surface area contributed by atoms with Gasteiger partial charge in [0, 0.05) is 0 Å². The van der Waals surface area contributed by atoms with Gasteiger partial charge in [-0.2, -0.15) is 5.06 Å². The molecule has 2 heterocycles. The minimum absolute atomic E-state index is 0.0312. The largest absolute Gasteiger partial charge is 0.493 e. The fourth-order valence-electron chi connectivity index (χ4n) is 2.93. The van der Waals surface area contributed by atoms with Gasteiger partial charge in [0.1, 0.15) is 30.1 Å². The van der Waals surface area contributed by atoms with E-state index in [0.717, 1.165) is 0 Å². The van der Waals surface area contributed by atoms with Gasteiger partial charge in [-0.1, -0.05) is 0 Å². The van der Waals surface area contributed by atoms with Gasteiger partial charge in [-0.05, 0) is 12.1 Å². The Balaban J connectivity index is 1.87. The zero-order valence-electron chi connectivity index (χ0n) is 15.0. The number of aliphatic hydroxyl groups is 4. The molecule has 0 radical (unpaired) electrons. The average molecular weight is 403 g/mol. The predicted molar refractivity (Wildman–Crippen MR) is 88.1 cm³/mol. The van der Waals surface area contributed by atoms with E-state index < -0.39 is 49.5 Å². The first-order chi connectivity index (χ1) is 13.3. The van der Waals surface area contributed by atoms with Gasteiger partial charge in [-0.15, -0.1) is 0 Å². The molecule has 2 aliphatic rings. The SMILES string of the molecule is COc1ccc2c(c1OC)O[C@H](O[C@@H]1O[C@H](CO)[C@@H](O)[C@H](O)[C@H]1O)C(=O)N2O. The summed E-state index contributed by atoms with van der Waals surface area (Å²) in [7, 11) is 2.71. The summed E-state index contributed by atoms with van der Waals surface area (Å²) in [4.78, 5) is 12.4. The maximum Gasteiger partial charge on any atom is 0.320 e. The molecule has 28 heavy (non-hydrogen) atoms. The van der Waals surface area contributed by atoms with Crippen molar-refractivity contribution >= 4 is 11.6 Å². The lowest BCUT2D eigenvalue weighted by Crippen LogP contribution is -2.61. The van der Waals surface area contributed by atoms with Crippen molar-refractivity contribution in [3.63, 3.8) is 0 Å². The van der Waals surface area contributed by atoms with E-state index >= 15 is 0 Å². The van der Waals surface area contributed by atoms with Crippen molar-refractivity contribution in [2.75, 3.05) is 25.9 Å². The van der Waals surface area contributed by atoms with Crippen LogP contribution >= 0.6 is 0 Å². The first-order valence-corrected chi connectivity index (χ1v) is 8.24. The van der Waals surface area contributed by atoms with Crippen LogP contribution in [0.5, 0.6) is 17.2 Å². The van der Waals surface area contributed by atoms with E-state index in [0.29, 0.717) is 0 Å². The van der Waals surface area contributed by atoms with Crippen LogP contribution < -0.4 is 19.3 Å². The molecule has 156 valence electrons. The normalized spacial score (nSPS) is 32.5. The Hall–Kier alpha value is -2.19. The number of nitrogens with zero attached hydrogens (tertiary/aromatic N) is 1. The second-order valence-corrected chi connectivity index (χ2v) is 6.08. The molecule has 12 nitrogen and oxygen atoms in total. The van der Waals surface area contributed by atoms with Gasteiger partial charge in [0.05, 0.1) is 20.8 Å². The highest BCUT2D eigenvalue weighted by atomic mass is 16.8. The number of benzene rings is 1. The third-order valence-corrected chi connectivity index (χ3v) is 4.45. The molecule has 1 amide bonds. The van der Waals surface area contributed by atoms with Crippen LogP contribution in [0.15, 0.2) is 12.1 Å². The summed E-state index contributed by atoms with van der Waals surface area (Å²) in [5.41, 5.74) is -0.0312. The number of rotatable bonds is 5. The summed E-state index contributed by atoms with van der Waals surface area (Å²) in [6.07, 6.45) is -9.73. The molecule has 1 saturated heterocycles. The Kier molecular flexibility index (Phi) is 5.90. The van der Waals surface area contributed by atoms with Gasteiger partial charge >= 0.3 is 5.91 Å². The Morgan fingerprint density at radius 3 is 2.43 bits per heavy atom. The van der Waals surface area contributed by atoms with E-state index in [1.54, 1.807) is 0 Å². The lowest BCUT2D eigenvalue weighted by molar-refractivity contribution is -0.323. The van der Waals surface area contributed by atoms with Crippen molar-refractivity contribution in [2.45, 2.75) is 37.0 Å². The van der Waals surface area contributed by atoms with E-state index in [2.05, 4.69) is 0 Å². The van der Waals surface area contributed by atoms with E-state index in [4.69, 9.17) is 23.7 Å². The molecule has 0 aliphatic carbocycles. The number of aliphatic hydroxyl groups excluding tert-OH is 4. The minimum Gasteiger partial charge on any atom is -0.493 e. The highest BCUT2D eigenvalue weighted by Crippen LogP contribution is 2.47. The highest BCUT2D eigenvalue weighted by molar-refractivity contribution is 5.98. The van der Waals surface area contributed by atoms with Crippen LogP contribution in [0.3, 0.4) is 0 Å². The Morgan fingerprint density at radius 2 is 1.82 bits per heavy atom. The smallest absolute Gasteiger partial charge is 0.320 e. The number of amides is 1. The zero-order chi connectivity index (χ0) is 20.6. The molecule has 1 fully saturated rings. The maximum atomic E-state index is 12.4. The quantitative estimate of drug-likeness (QED) is 0.344. The summed E-state index contributed by atoms with van der Waals surface area (Å²) in [6, 6.07) is 2.81. The number of methoxy groups -OCH3 is 2. The van der Waals surface area contributed by atoms with Gasteiger partial charge in [-0.25, -0.2) is 0 Å². The molecule has 0 aromatic heterocycles. The van der Waals surface area contributed by atoms with Crippen molar-refractivity contribution in [1.29, 1.82) is 0 Å². The summed E-state index contributed by atoms with van der Waals surface area (Å²) < 4.78 is 26.3. The fourth-order valence-corrected chi connectivity index (χ4v) is 2.93. The number of hydroxylamine groups is 1. The lowest BCUT2D eigenvalue weighted by atomic mass is 9.99. The third kappa shape index (κ3) is 3.35. The van der Waals surface area contributed by atoms with Crippen LogP contribution in [0.25, 0.3) is 0 Å². The zero-order valence-corrected chi connectivity index (χ0v) is 15.0. The number of fused-ring (bicyclic) bond motifs is 1. The maximum absolute atomic E-state index is 12.4. The van der Waals surface area contributed by atoms with Crippen molar-refractivity contribution in [3.8, 4) is 17.2 Å². The highest BCUT2D eigenvalue weighted by Gasteiger charge is 2.47. The van der Waals surface area contributed by atoms with Crippen LogP contribution in [-0.2, 0) is 14.3 Å². The van der Waals surface area contributed by atoms with Crippen LogP contribution in [0.1, 0.15) is 0 Å². The third-order valence-electron chi connectivity index (χ3n) is 4.45. The van der Waals surface area contributed by atoms with Gasteiger partial charge in [0.15, 0.2) is 17.8 Å². The average Bonchev–Trinajstić information content (AvgIpc) is 2.70. The molecule has 3 rings (SSSR count). The van der Waals surface area contributed by atoms with Gasteiger partial charge in [0.2, 0.25) is 5.75 Å². The number of hydrogen-bond donors (Lipinski definition) is 5. The van der Waals surface area contributed by atoms with Crippen molar-refractivity contribution in [1.82, 2.24) is 0 Å². The monoisotopic (exact) mass is 403 g/mol. The van der Waals surface area contributed by atoms with Gasteiger partial charge in [0.25, 0.3) is 6.29 Å². The van der Waals surface area contributed by atoms with Crippen LogP contribution in [0.4, 0.5) is 5.69 Å². The summed E-state index contributed by atoms with van der Waals surface area (Å²) in [5.74, 6) is -0.778. The molecular weight excluding hydrogens is 382 g/mol. The topological polar surface area (TPSA) is 168 Å². The van der Waals surface area contributed by atoms with Crippen molar-refractivity contribution < 1.29 is 54.1 Å². The Labute approximate surface area is 158 Å². The molecule has 0 bridgehead atoms. The second kappa shape index (κ2) is 8.05. The standard InChI is InChI=1S/C16H21NO11/c1-24-7-4-3-6-12(13(7)25-2)27-16(14(22)17(6)23)28-15-11(21)10(20)9(19)8(5-18)26-15/h3-4,8-11,15-16,18-21,23H,5H2,1-2H3/t8-,9-,10+,11-,15+,16-/m1/s1. The summed E-state index contributed by atoms with van der Waals surface area (Å²) in [5, 5.41) is 49.4. The Morgan fingerprint density at radius 1 is 1.11 bits per heavy atom. The molecule has 1 aromatic carbocycles. The number of carbonyl (C=O) groups is 1. The molecule has 5 N–H and O–H groups in total. The number of anilines is 1. The fraction of sp³-hybridized carbons (Fsp3) is 0.562. The molecule has 2 aliphatic heterocycles. The van der Waals surface area contributed by atoms with E-state index in [1.807, 2.05) is 0 Å². The molecule has 1 aromatic rings. The number of hydrogen-bond acceptors (Lipinski definition) is 11.